The lowest BCUT2D eigenvalue weighted by molar-refractivity contribution is -0.120. The molecule has 0 aromatic heterocycles. The number of benzene rings is 1. The predicted molar refractivity (Wildman–Crippen MR) is 67.8 cm³/mol. The Morgan fingerprint density at radius 2 is 1.56 bits per heavy atom. The highest BCUT2D eigenvalue weighted by Crippen LogP contribution is 2.16. The Morgan fingerprint density at radius 3 is 2.00 bits per heavy atom. The minimum Gasteiger partial charge on any atom is -0.478 e. The Hall–Kier alpha value is -1.84. The molecule has 0 heterocycles. The Kier molecular flexibility index (Phi) is 6.54. The fourth-order valence-corrected chi connectivity index (χ4v) is 1.86. The molecule has 4 heteroatoms. The molecule has 0 unspecified atom stereocenters. The van der Waals surface area contributed by atoms with Crippen molar-refractivity contribution < 1.29 is 19.4 Å². The van der Waals surface area contributed by atoms with E-state index < -0.39 is 5.97 Å². The van der Waals surface area contributed by atoms with Crippen LogP contribution in [0.1, 0.15) is 48.9 Å². The van der Waals surface area contributed by atoms with Gasteiger partial charge in [0.15, 0.2) is 0 Å². The minimum atomic E-state index is -1.12. The zero-order valence-corrected chi connectivity index (χ0v) is 10.3. The summed E-state index contributed by atoms with van der Waals surface area (Å²) in [4.78, 5) is 20.4. The maximum atomic E-state index is 10.5. The van der Waals surface area contributed by atoms with Crippen molar-refractivity contribution >= 4 is 12.4 Å². The summed E-state index contributed by atoms with van der Waals surface area (Å²) >= 11 is 0. The minimum absolute atomic E-state index is 0.0235. The molecule has 2 rings (SSSR count). The summed E-state index contributed by atoms with van der Waals surface area (Å²) in [6.07, 6.45) is 9.00. The van der Waals surface area contributed by atoms with E-state index in [-0.39, 0.29) is 17.8 Å². The predicted octanol–water partition coefficient (Wildman–Crippen LogP) is 3.26. The van der Waals surface area contributed by atoms with E-state index in [1.807, 2.05) is 0 Å². The molecule has 1 N–H and O–H groups in total. The van der Waals surface area contributed by atoms with E-state index in [1.165, 1.54) is 50.7 Å². The number of carboxylic acid groups (broad SMARTS) is 1. The molecule has 1 aromatic carbocycles. The maximum absolute atomic E-state index is 10.5. The number of rotatable bonds is 3. The van der Waals surface area contributed by atoms with E-state index in [1.54, 1.807) is 12.1 Å². The van der Waals surface area contributed by atoms with E-state index in [0.717, 1.165) is 0 Å². The molecule has 1 aliphatic rings. The summed E-state index contributed by atoms with van der Waals surface area (Å²) in [5.41, 5.74) is -0.0235. The van der Waals surface area contributed by atoms with Crippen LogP contribution in [0.3, 0.4) is 0 Å². The summed E-state index contributed by atoms with van der Waals surface area (Å²) < 4.78 is 4.44. The summed E-state index contributed by atoms with van der Waals surface area (Å²) in [5, 5.41) is 8.60. The molecular weight excluding hydrogens is 232 g/mol. The molecule has 0 atom stereocenters. The lowest BCUT2D eigenvalue weighted by Crippen LogP contribution is -2.00. The lowest BCUT2D eigenvalue weighted by atomic mass is 10.0. The first-order valence-corrected chi connectivity index (χ1v) is 6.18. The van der Waals surface area contributed by atoms with Gasteiger partial charge in [0.05, 0.1) is 0 Å². The Balaban J connectivity index is 0.000000225. The molecule has 1 aromatic rings. The lowest BCUT2D eigenvalue weighted by Gasteiger charge is -2.05. The fourth-order valence-electron chi connectivity index (χ4n) is 1.86. The number of ether oxygens (including phenoxy) is 1. The monoisotopic (exact) mass is 250 g/mol. The first-order valence-electron chi connectivity index (χ1n) is 6.18. The molecule has 0 spiro atoms. The molecule has 0 saturated heterocycles. The number of aromatic carboxylic acids is 1. The van der Waals surface area contributed by atoms with Crippen molar-refractivity contribution in [2.75, 3.05) is 0 Å². The highest BCUT2D eigenvalue weighted by atomic mass is 16.5. The van der Waals surface area contributed by atoms with Gasteiger partial charge in [0, 0.05) is 0 Å². The van der Waals surface area contributed by atoms with Crippen molar-refractivity contribution in [3.63, 3.8) is 0 Å². The van der Waals surface area contributed by atoms with Crippen molar-refractivity contribution in [1.29, 1.82) is 0 Å². The van der Waals surface area contributed by atoms with Gasteiger partial charge in [-0.2, -0.15) is 0 Å². The average molecular weight is 250 g/mol. The molecule has 98 valence electrons. The third kappa shape index (κ3) is 4.99. The molecule has 1 saturated carbocycles. The first kappa shape index (κ1) is 14.2. The molecule has 1 aliphatic carbocycles. The van der Waals surface area contributed by atoms with Gasteiger partial charge in [0.1, 0.15) is 11.3 Å². The van der Waals surface area contributed by atoms with Gasteiger partial charge >= 0.3 is 5.97 Å². The molecule has 0 radical (unpaired) electrons. The van der Waals surface area contributed by atoms with E-state index in [4.69, 9.17) is 5.11 Å². The number of hydrogen-bond acceptors (Lipinski definition) is 3. The first-order chi connectivity index (χ1) is 8.75. The van der Waals surface area contributed by atoms with Crippen LogP contribution in [0.4, 0.5) is 0 Å². The molecule has 0 aliphatic heterocycles. The smallest absolute Gasteiger partial charge is 0.339 e. The van der Waals surface area contributed by atoms with Crippen LogP contribution in [0.5, 0.6) is 5.75 Å². The van der Waals surface area contributed by atoms with E-state index >= 15 is 0 Å². The maximum Gasteiger partial charge on any atom is 0.339 e. The molecule has 0 amide bonds. The van der Waals surface area contributed by atoms with Gasteiger partial charge in [0.2, 0.25) is 0 Å². The summed E-state index contributed by atoms with van der Waals surface area (Å²) in [7, 11) is 0. The van der Waals surface area contributed by atoms with Gasteiger partial charge in [-0.1, -0.05) is 50.7 Å². The van der Waals surface area contributed by atoms with Crippen molar-refractivity contribution in [2.24, 2.45) is 0 Å². The van der Waals surface area contributed by atoms with Gasteiger partial charge < -0.3 is 9.84 Å². The van der Waals surface area contributed by atoms with Crippen LogP contribution in [0.25, 0.3) is 0 Å². The largest absolute Gasteiger partial charge is 0.478 e. The number of carbonyl (C=O) groups is 2. The quantitative estimate of drug-likeness (QED) is 0.836. The van der Waals surface area contributed by atoms with Crippen molar-refractivity contribution in [1.82, 2.24) is 0 Å². The zero-order valence-electron chi connectivity index (χ0n) is 10.3. The Labute approximate surface area is 107 Å². The topological polar surface area (TPSA) is 63.6 Å². The van der Waals surface area contributed by atoms with Crippen LogP contribution in [-0.2, 0) is 4.79 Å². The summed E-state index contributed by atoms with van der Waals surface area (Å²) in [6, 6.07) is 5.92. The van der Waals surface area contributed by atoms with Crippen LogP contribution in [-0.4, -0.2) is 17.5 Å². The number of carboxylic acids is 1. The fraction of sp³-hybridized carbons (Fsp3) is 0.429. The third-order valence-electron chi connectivity index (χ3n) is 2.79. The standard InChI is InChI=1S/C8H6O4.C6H12/c9-5-12-7-4-2-1-3-6(7)8(10)11;1-2-4-6-5-3-1/h1-5H,(H,10,11);1-6H2. The van der Waals surface area contributed by atoms with Gasteiger partial charge in [-0.15, -0.1) is 0 Å². The second kappa shape index (κ2) is 8.28. The van der Waals surface area contributed by atoms with Gasteiger partial charge in [-0.05, 0) is 12.1 Å². The molecular formula is C14H18O4. The van der Waals surface area contributed by atoms with Crippen molar-refractivity contribution in [3.8, 4) is 5.75 Å². The molecule has 1 fully saturated rings. The van der Waals surface area contributed by atoms with Crippen LogP contribution in [0.2, 0.25) is 0 Å². The van der Waals surface area contributed by atoms with Crippen LogP contribution >= 0.6 is 0 Å². The second-order valence-electron chi connectivity index (χ2n) is 4.14. The molecule has 0 bridgehead atoms. The van der Waals surface area contributed by atoms with Gasteiger partial charge in [-0.3, -0.25) is 4.79 Å². The Bertz CT molecular complexity index is 372. The van der Waals surface area contributed by atoms with Gasteiger partial charge in [0.25, 0.3) is 6.47 Å². The van der Waals surface area contributed by atoms with Crippen molar-refractivity contribution in [2.45, 2.75) is 38.5 Å². The van der Waals surface area contributed by atoms with E-state index in [9.17, 15) is 9.59 Å². The highest BCUT2D eigenvalue weighted by molar-refractivity contribution is 5.91. The second-order valence-corrected chi connectivity index (χ2v) is 4.14. The van der Waals surface area contributed by atoms with Gasteiger partial charge in [-0.25, -0.2) is 4.79 Å². The Morgan fingerprint density at radius 1 is 1.06 bits per heavy atom. The van der Waals surface area contributed by atoms with Crippen molar-refractivity contribution in [3.05, 3.63) is 29.8 Å². The zero-order chi connectivity index (χ0) is 13.2. The molecule has 18 heavy (non-hydrogen) atoms. The summed E-state index contributed by atoms with van der Waals surface area (Å²) in [5.74, 6) is -1.06. The SMILES string of the molecule is C1CCCCC1.O=COc1ccccc1C(=O)O. The number of carbonyl (C=O) groups excluding carboxylic acids is 1. The highest BCUT2D eigenvalue weighted by Gasteiger charge is 2.08. The summed E-state index contributed by atoms with van der Waals surface area (Å²) in [6.45, 7) is 0.196. The van der Waals surface area contributed by atoms with Crippen LogP contribution in [0.15, 0.2) is 24.3 Å². The number of hydrogen-bond donors (Lipinski definition) is 1. The van der Waals surface area contributed by atoms with E-state index in [0.29, 0.717) is 0 Å². The third-order valence-corrected chi connectivity index (χ3v) is 2.79. The number of para-hydroxylation sites is 1. The average Bonchev–Trinajstić information content (AvgIpc) is 2.42. The van der Waals surface area contributed by atoms with E-state index in [2.05, 4.69) is 4.74 Å². The van der Waals surface area contributed by atoms with Crippen LogP contribution < -0.4 is 4.74 Å². The molecule has 4 nitrogen and oxygen atoms in total. The van der Waals surface area contributed by atoms with Crippen LogP contribution in [0, 0.1) is 0 Å². The normalized spacial score (nSPS) is 14.0.